The minimum absolute atomic E-state index is 0.472. The quantitative estimate of drug-likeness (QED) is 0.564. The van der Waals surface area contributed by atoms with Gasteiger partial charge in [-0.2, -0.15) is 0 Å². The number of rotatable bonds is 7. The molecule has 2 nitrogen and oxygen atoms in total. The van der Waals surface area contributed by atoms with Crippen LogP contribution in [0.4, 0.5) is 0 Å². The van der Waals surface area contributed by atoms with E-state index in [4.69, 9.17) is 32.1 Å². The van der Waals surface area contributed by atoms with Crippen LogP contribution in [-0.4, -0.2) is 33.5 Å². The summed E-state index contributed by atoms with van der Waals surface area (Å²) in [7, 11) is -2.34. The lowest BCUT2D eigenvalue weighted by atomic mass is 10.4. The summed E-state index contributed by atoms with van der Waals surface area (Å²) in [5, 5.41) is 1.10. The third-order valence-corrected chi connectivity index (χ3v) is 5.41. The minimum Gasteiger partial charge on any atom is -0.390 e. The highest BCUT2D eigenvalue weighted by Crippen LogP contribution is 2.08. The predicted octanol–water partition coefficient (Wildman–Crippen LogP) is 2.48. The van der Waals surface area contributed by atoms with Crippen LogP contribution in [0.5, 0.6) is 0 Å². The predicted molar refractivity (Wildman–Crippen MR) is 71.0 cm³/mol. The number of halogens is 2. The zero-order chi connectivity index (χ0) is 11.9. The van der Waals surface area contributed by atoms with Gasteiger partial charge in [-0.25, -0.2) is 0 Å². The maximum atomic E-state index is 5.79. The summed E-state index contributed by atoms with van der Waals surface area (Å²) in [6, 6.07) is 9.98. The molecular weight excluding hydrogens is 263 g/mol. The number of alkyl halides is 2. The Kier molecular flexibility index (Phi) is 6.39. The van der Waals surface area contributed by atoms with Crippen molar-refractivity contribution in [1.82, 2.24) is 0 Å². The highest BCUT2D eigenvalue weighted by Gasteiger charge is 2.33. The highest BCUT2D eigenvalue weighted by molar-refractivity contribution is 6.80. The molecule has 0 spiro atoms. The SMILES string of the molecule is C[Si](OCCCl)(OCCCl)c1ccccc1. The molecule has 90 valence electrons. The van der Waals surface area contributed by atoms with Crippen LogP contribution in [0.2, 0.25) is 6.55 Å². The van der Waals surface area contributed by atoms with E-state index in [2.05, 4.69) is 0 Å². The number of hydrogen-bond acceptors (Lipinski definition) is 2. The Hall–Kier alpha value is -0.0631. The van der Waals surface area contributed by atoms with Crippen molar-refractivity contribution < 1.29 is 8.85 Å². The van der Waals surface area contributed by atoms with E-state index in [-0.39, 0.29) is 0 Å². The summed E-state index contributed by atoms with van der Waals surface area (Å²) in [6.07, 6.45) is 0. The molecule has 0 unspecified atom stereocenters. The molecule has 1 rings (SSSR count). The summed E-state index contributed by atoms with van der Waals surface area (Å²) in [5.74, 6) is 0.944. The molecule has 0 heterocycles. The van der Waals surface area contributed by atoms with Gasteiger partial charge in [0.05, 0.1) is 13.2 Å². The van der Waals surface area contributed by atoms with E-state index < -0.39 is 8.56 Å². The van der Waals surface area contributed by atoms with E-state index in [0.717, 1.165) is 5.19 Å². The Bertz CT molecular complexity index is 287. The highest BCUT2D eigenvalue weighted by atomic mass is 35.5. The summed E-state index contributed by atoms with van der Waals surface area (Å²) in [6.45, 7) is 3.02. The maximum Gasteiger partial charge on any atom is 0.369 e. The van der Waals surface area contributed by atoms with Crippen molar-refractivity contribution in [2.45, 2.75) is 6.55 Å². The van der Waals surface area contributed by atoms with Crippen LogP contribution in [-0.2, 0) is 8.85 Å². The van der Waals surface area contributed by atoms with E-state index in [1.165, 1.54) is 0 Å². The van der Waals surface area contributed by atoms with Crippen LogP contribution >= 0.6 is 23.2 Å². The topological polar surface area (TPSA) is 18.5 Å². The fraction of sp³-hybridized carbons (Fsp3) is 0.455. The first kappa shape index (κ1) is 14.0. The van der Waals surface area contributed by atoms with Crippen molar-refractivity contribution in [3.8, 4) is 0 Å². The molecule has 1 aromatic rings. The normalized spacial score (nSPS) is 11.7. The molecule has 0 N–H and O–H groups in total. The van der Waals surface area contributed by atoms with Crippen molar-refractivity contribution in [3.05, 3.63) is 30.3 Å². The molecule has 5 heteroatoms. The first-order valence-corrected chi connectivity index (χ1v) is 8.57. The first-order valence-electron chi connectivity index (χ1n) is 5.18. The Labute approximate surface area is 108 Å². The zero-order valence-corrected chi connectivity index (χ0v) is 11.8. The Morgan fingerprint density at radius 1 is 1.00 bits per heavy atom. The van der Waals surface area contributed by atoms with Crippen LogP contribution in [0.1, 0.15) is 0 Å². The van der Waals surface area contributed by atoms with Gasteiger partial charge in [0.2, 0.25) is 0 Å². The zero-order valence-electron chi connectivity index (χ0n) is 9.29. The van der Waals surface area contributed by atoms with E-state index in [9.17, 15) is 0 Å². The molecule has 0 fully saturated rings. The monoisotopic (exact) mass is 278 g/mol. The van der Waals surface area contributed by atoms with E-state index in [0.29, 0.717) is 25.0 Å². The van der Waals surface area contributed by atoms with Crippen LogP contribution in [0.15, 0.2) is 30.3 Å². The summed E-state index contributed by atoms with van der Waals surface area (Å²) in [4.78, 5) is 0. The van der Waals surface area contributed by atoms with Crippen molar-refractivity contribution in [3.63, 3.8) is 0 Å². The molecule has 0 saturated carbocycles. The summed E-state index contributed by atoms with van der Waals surface area (Å²) < 4.78 is 11.6. The summed E-state index contributed by atoms with van der Waals surface area (Å²) in [5.41, 5.74) is 0. The molecule has 0 amide bonds. The van der Waals surface area contributed by atoms with Crippen molar-refractivity contribution in [1.29, 1.82) is 0 Å². The molecule has 0 aliphatic heterocycles. The van der Waals surface area contributed by atoms with Gasteiger partial charge in [-0.1, -0.05) is 30.3 Å². The third-order valence-electron chi connectivity index (χ3n) is 2.21. The summed E-state index contributed by atoms with van der Waals surface area (Å²) >= 11 is 11.3. The minimum atomic E-state index is -2.34. The van der Waals surface area contributed by atoms with Gasteiger partial charge in [0, 0.05) is 11.8 Å². The van der Waals surface area contributed by atoms with Crippen molar-refractivity contribution in [2.75, 3.05) is 25.0 Å². The average Bonchev–Trinajstić information content (AvgIpc) is 2.35. The number of hydrogen-bond donors (Lipinski definition) is 0. The fourth-order valence-electron chi connectivity index (χ4n) is 1.42. The molecule has 0 aliphatic carbocycles. The second-order valence-corrected chi connectivity index (χ2v) is 7.19. The lowest BCUT2D eigenvalue weighted by Crippen LogP contribution is -2.51. The van der Waals surface area contributed by atoms with Crippen LogP contribution in [0.3, 0.4) is 0 Å². The number of benzene rings is 1. The maximum absolute atomic E-state index is 5.79. The Morgan fingerprint density at radius 2 is 1.50 bits per heavy atom. The van der Waals surface area contributed by atoms with Crippen molar-refractivity contribution >= 4 is 36.9 Å². The van der Waals surface area contributed by atoms with E-state index >= 15 is 0 Å². The van der Waals surface area contributed by atoms with Crippen LogP contribution < -0.4 is 5.19 Å². The molecule has 0 aromatic heterocycles. The van der Waals surface area contributed by atoms with Gasteiger partial charge in [-0.15, -0.1) is 23.2 Å². The Morgan fingerprint density at radius 3 is 1.94 bits per heavy atom. The van der Waals surface area contributed by atoms with Gasteiger partial charge in [0.1, 0.15) is 0 Å². The van der Waals surface area contributed by atoms with Gasteiger partial charge in [0.25, 0.3) is 0 Å². The lowest BCUT2D eigenvalue weighted by molar-refractivity contribution is 0.204. The molecule has 0 aliphatic rings. The fourth-order valence-corrected chi connectivity index (χ4v) is 4.03. The molecular formula is C11H16Cl2O2Si. The first-order chi connectivity index (χ1) is 7.73. The van der Waals surface area contributed by atoms with Gasteiger partial charge in [0.15, 0.2) is 0 Å². The van der Waals surface area contributed by atoms with Gasteiger partial charge in [-0.3, -0.25) is 0 Å². The van der Waals surface area contributed by atoms with Gasteiger partial charge >= 0.3 is 8.56 Å². The molecule has 0 radical (unpaired) electrons. The van der Waals surface area contributed by atoms with Gasteiger partial charge < -0.3 is 8.85 Å². The van der Waals surface area contributed by atoms with Crippen LogP contribution in [0, 0.1) is 0 Å². The lowest BCUT2D eigenvalue weighted by Gasteiger charge is -2.26. The smallest absolute Gasteiger partial charge is 0.369 e. The van der Waals surface area contributed by atoms with Crippen LogP contribution in [0.25, 0.3) is 0 Å². The second kappa shape index (κ2) is 7.30. The third kappa shape index (κ3) is 4.07. The Balaban J connectivity index is 2.77. The molecule has 1 aromatic carbocycles. The largest absolute Gasteiger partial charge is 0.390 e. The average molecular weight is 279 g/mol. The molecule has 0 atom stereocenters. The second-order valence-electron chi connectivity index (χ2n) is 3.39. The molecule has 0 bridgehead atoms. The van der Waals surface area contributed by atoms with E-state index in [1.807, 2.05) is 36.9 Å². The van der Waals surface area contributed by atoms with E-state index in [1.54, 1.807) is 0 Å². The molecule has 0 saturated heterocycles. The van der Waals surface area contributed by atoms with Gasteiger partial charge in [-0.05, 0) is 11.7 Å². The molecule has 16 heavy (non-hydrogen) atoms. The standard InChI is InChI=1S/C11H16Cl2O2Si/c1-16(14-9-7-12,15-10-8-13)11-5-3-2-4-6-11/h2-6H,7-10H2,1H3. The van der Waals surface area contributed by atoms with Crippen molar-refractivity contribution in [2.24, 2.45) is 0 Å².